The topological polar surface area (TPSA) is 97.2 Å². The Bertz CT molecular complexity index is 762. The molecule has 0 amide bonds. The predicted octanol–water partition coefficient (Wildman–Crippen LogP) is 0.513. The number of nitrogens with one attached hydrogen (secondary N) is 1. The third-order valence-corrected chi connectivity index (χ3v) is 4.43. The van der Waals surface area contributed by atoms with Crippen LogP contribution in [-0.4, -0.2) is 31.8 Å². The highest BCUT2D eigenvalue weighted by molar-refractivity contribution is 7.16. The third kappa shape index (κ3) is 2.00. The Labute approximate surface area is 117 Å². The smallest absolute Gasteiger partial charge is 0.311 e. The average Bonchev–Trinajstić information content (AvgIpc) is 2.89. The molecule has 0 aromatic carbocycles. The van der Waals surface area contributed by atoms with E-state index < -0.39 is 12.3 Å². The van der Waals surface area contributed by atoms with Gasteiger partial charge in [-0.2, -0.15) is 0 Å². The second-order valence-electron chi connectivity index (χ2n) is 4.88. The number of hydrogen-bond donors (Lipinski definition) is 2. The summed E-state index contributed by atoms with van der Waals surface area (Å²) >= 11 is 0.851. The first-order valence-corrected chi connectivity index (χ1v) is 7.28. The lowest BCUT2D eigenvalue weighted by molar-refractivity contribution is -0.0189. The van der Waals surface area contributed by atoms with Crippen LogP contribution in [0.15, 0.2) is 9.59 Å². The van der Waals surface area contributed by atoms with Crippen LogP contribution in [0.5, 0.6) is 0 Å². The normalized spacial score (nSPS) is 26.4. The minimum atomic E-state index is -0.602. The summed E-state index contributed by atoms with van der Waals surface area (Å²) < 4.78 is 7.37. The molecule has 2 N–H and O–H groups in total. The molecule has 2 aromatic heterocycles. The van der Waals surface area contributed by atoms with Crippen molar-refractivity contribution < 1.29 is 9.84 Å². The summed E-state index contributed by atoms with van der Waals surface area (Å²) in [6.45, 7) is 3.57. The number of fused-ring (bicyclic) bond motifs is 1. The summed E-state index contributed by atoms with van der Waals surface area (Å²) in [6.07, 6.45) is -0.455. The number of aliphatic hydroxyl groups is 1. The van der Waals surface area contributed by atoms with Crippen molar-refractivity contribution >= 4 is 21.7 Å². The fourth-order valence-corrected chi connectivity index (χ4v) is 3.39. The van der Waals surface area contributed by atoms with Crippen LogP contribution in [0, 0.1) is 6.92 Å². The van der Waals surface area contributed by atoms with Crippen molar-refractivity contribution in [3.05, 3.63) is 25.8 Å². The summed E-state index contributed by atoms with van der Waals surface area (Å²) in [6, 6.07) is 0. The molecular weight excluding hydrogens is 282 g/mol. The van der Waals surface area contributed by atoms with Crippen molar-refractivity contribution in [1.29, 1.82) is 0 Å². The van der Waals surface area contributed by atoms with Crippen LogP contribution in [0.25, 0.3) is 10.3 Å². The summed E-state index contributed by atoms with van der Waals surface area (Å²) in [7, 11) is 0. The molecule has 0 bridgehead atoms. The Balaban J connectivity index is 2.15. The SMILES string of the molecule is CC[C@H]1O[C@@H](n2c(=O)sc3c(=O)[nH]c(C)nc32)CC1O. The van der Waals surface area contributed by atoms with Crippen molar-refractivity contribution in [3.63, 3.8) is 0 Å². The van der Waals surface area contributed by atoms with Gasteiger partial charge in [-0.3, -0.25) is 14.2 Å². The Morgan fingerprint density at radius 1 is 1.55 bits per heavy atom. The number of ether oxygens (including phenoxy) is 1. The standard InChI is InChI=1S/C12H15N3O4S/c1-3-7-6(16)4-8(19-7)15-10-9(20-12(15)18)11(17)14-5(2)13-10/h6-8,16H,3-4H2,1-2H3,(H,13,14,17)/t6?,7-,8-/m1/s1. The highest BCUT2D eigenvalue weighted by Crippen LogP contribution is 2.31. The van der Waals surface area contributed by atoms with Gasteiger partial charge in [0.1, 0.15) is 16.8 Å². The summed E-state index contributed by atoms with van der Waals surface area (Å²) in [5.41, 5.74) is 0.00846. The zero-order chi connectivity index (χ0) is 14.4. The van der Waals surface area contributed by atoms with Crippen LogP contribution >= 0.6 is 11.3 Å². The molecular formula is C12H15N3O4S. The number of aromatic amines is 1. The van der Waals surface area contributed by atoms with E-state index >= 15 is 0 Å². The predicted molar refractivity (Wildman–Crippen MR) is 74.1 cm³/mol. The molecule has 20 heavy (non-hydrogen) atoms. The number of thiazole rings is 1. The van der Waals surface area contributed by atoms with Crippen molar-refractivity contribution in [1.82, 2.24) is 14.5 Å². The van der Waals surface area contributed by atoms with Crippen molar-refractivity contribution in [2.24, 2.45) is 0 Å². The molecule has 3 rings (SSSR count). The minimum Gasteiger partial charge on any atom is -0.390 e. The number of aryl methyl sites for hydroxylation is 1. The highest BCUT2D eigenvalue weighted by atomic mass is 32.1. The molecule has 0 saturated carbocycles. The van der Waals surface area contributed by atoms with Gasteiger partial charge in [-0.25, -0.2) is 4.98 Å². The van der Waals surface area contributed by atoms with Gasteiger partial charge in [0.2, 0.25) is 0 Å². The van der Waals surface area contributed by atoms with Crippen LogP contribution in [0.2, 0.25) is 0 Å². The lowest BCUT2D eigenvalue weighted by Gasteiger charge is -2.13. The van der Waals surface area contributed by atoms with Crippen molar-refractivity contribution in [3.8, 4) is 0 Å². The second kappa shape index (κ2) is 4.80. The van der Waals surface area contributed by atoms with Gasteiger partial charge < -0.3 is 14.8 Å². The van der Waals surface area contributed by atoms with E-state index in [9.17, 15) is 14.7 Å². The maximum absolute atomic E-state index is 12.1. The first-order chi connectivity index (χ1) is 9.51. The molecule has 3 heterocycles. The molecule has 8 heteroatoms. The molecule has 108 valence electrons. The van der Waals surface area contributed by atoms with Crippen molar-refractivity contribution in [2.45, 2.75) is 45.1 Å². The van der Waals surface area contributed by atoms with Gasteiger partial charge in [0.25, 0.3) is 5.56 Å². The molecule has 1 aliphatic rings. The van der Waals surface area contributed by atoms with E-state index in [0.29, 0.717) is 29.0 Å². The minimum absolute atomic E-state index is 0.287. The molecule has 2 aromatic rings. The fraction of sp³-hybridized carbons (Fsp3) is 0.583. The van der Waals surface area contributed by atoms with E-state index in [1.165, 1.54) is 4.57 Å². The Hall–Kier alpha value is -1.51. The number of aromatic nitrogens is 3. The van der Waals surface area contributed by atoms with Gasteiger partial charge >= 0.3 is 4.87 Å². The quantitative estimate of drug-likeness (QED) is 0.842. The van der Waals surface area contributed by atoms with Gasteiger partial charge in [0, 0.05) is 6.42 Å². The largest absolute Gasteiger partial charge is 0.390 e. The second-order valence-corrected chi connectivity index (χ2v) is 5.84. The summed E-state index contributed by atoms with van der Waals surface area (Å²) in [5.74, 6) is 0.444. The maximum atomic E-state index is 12.1. The van der Waals surface area contributed by atoms with Gasteiger partial charge in [-0.1, -0.05) is 18.3 Å². The lowest BCUT2D eigenvalue weighted by atomic mass is 10.1. The molecule has 0 radical (unpaired) electrons. The van der Waals surface area contributed by atoms with Gasteiger partial charge in [0.05, 0.1) is 12.2 Å². The van der Waals surface area contributed by atoms with E-state index in [0.717, 1.165) is 11.3 Å². The molecule has 7 nitrogen and oxygen atoms in total. The third-order valence-electron chi connectivity index (χ3n) is 3.49. The molecule has 1 saturated heterocycles. The first kappa shape index (κ1) is 13.5. The van der Waals surface area contributed by atoms with Crippen LogP contribution in [0.4, 0.5) is 0 Å². The van der Waals surface area contributed by atoms with Crippen LogP contribution in [-0.2, 0) is 4.74 Å². The van der Waals surface area contributed by atoms with Crippen LogP contribution < -0.4 is 10.4 Å². The number of nitrogens with zero attached hydrogens (tertiary/aromatic N) is 2. The van der Waals surface area contributed by atoms with E-state index in [4.69, 9.17) is 4.74 Å². The van der Waals surface area contributed by atoms with Crippen LogP contribution in [0.3, 0.4) is 0 Å². The average molecular weight is 297 g/mol. The molecule has 0 aliphatic carbocycles. The number of aliphatic hydroxyl groups excluding tert-OH is 1. The highest BCUT2D eigenvalue weighted by Gasteiger charge is 2.35. The molecule has 1 fully saturated rings. The van der Waals surface area contributed by atoms with E-state index in [1.54, 1.807) is 6.92 Å². The molecule has 1 unspecified atom stereocenters. The number of hydrogen-bond acceptors (Lipinski definition) is 6. The fourth-order valence-electron chi connectivity index (χ4n) is 2.53. The zero-order valence-corrected chi connectivity index (χ0v) is 11.9. The monoisotopic (exact) mass is 297 g/mol. The van der Waals surface area contributed by atoms with Gasteiger partial charge in [-0.15, -0.1) is 0 Å². The molecule has 0 spiro atoms. The summed E-state index contributed by atoms with van der Waals surface area (Å²) in [5, 5.41) is 9.91. The van der Waals surface area contributed by atoms with Crippen LogP contribution in [0.1, 0.15) is 31.8 Å². The maximum Gasteiger partial charge on any atom is 0.311 e. The number of rotatable bonds is 2. The van der Waals surface area contributed by atoms with E-state index in [-0.39, 0.29) is 16.5 Å². The lowest BCUT2D eigenvalue weighted by Crippen LogP contribution is -2.21. The zero-order valence-electron chi connectivity index (χ0n) is 11.1. The van der Waals surface area contributed by atoms with E-state index in [1.807, 2.05) is 6.92 Å². The first-order valence-electron chi connectivity index (χ1n) is 6.46. The van der Waals surface area contributed by atoms with Crippen molar-refractivity contribution in [2.75, 3.05) is 0 Å². The number of H-pyrrole nitrogens is 1. The van der Waals surface area contributed by atoms with Gasteiger partial charge in [-0.05, 0) is 13.3 Å². The van der Waals surface area contributed by atoms with E-state index in [2.05, 4.69) is 9.97 Å². The van der Waals surface area contributed by atoms with Gasteiger partial charge in [0.15, 0.2) is 5.65 Å². The summed E-state index contributed by atoms with van der Waals surface area (Å²) in [4.78, 5) is 30.5. The Morgan fingerprint density at radius 2 is 2.30 bits per heavy atom. The molecule has 1 aliphatic heterocycles. The Morgan fingerprint density at radius 3 is 2.95 bits per heavy atom. The Kier molecular flexibility index (Phi) is 3.23. The molecule has 3 atom stereocenters.